The van der Waals surface area contributed by atoms with Gasteiger partial charge < -0.3 is 5.73 Å². The zero-order valence-corrected chi connectivity index (χ0v) is 13.6. The summed E-state index contributed by atoms with van der Waals surface area (Å²) in [4.78, 5) is 4.05. The van der Waals surface area contributed by atoms with Crippen molar-refractivity contribution in [2.24, 2.45) is 5.73 Å². The minimum Gasteiger partial charge on any atom is -0.326 e. The lowest BCUT2D eigenvalue weighted by Gasteiger charge is -2.10. The molecule has 0 radical (unpaired) electrons. The van der Waals surface area contributed by atoms with E-state index in [1.54, 1.807) is 29.8 Å². The van der Waals surface area contributed by atoms with Gasteiger partial charge in [0, 0.05) is 36.1 Å². The molecule has 7 heteroatoms. The molecule has 3 rings (SSSR count). The SMILES string of the molecule is Cc1cscc1-c1cc(CN)cn1S(=O)(=O)c1cccnc1. The van der Waals surface area contributed by atoms with E-state index < -0.39 is 10.0 Å². The smallest absolute Gasteiger partial charge is 0.269 e. The maximum absolute atomic E-state index is 12.9. The van der Waals surface area contributed by atoms with E-state index in [0.29, 0.717) is 5.69 Å². The number of pyridine rings is 1. The summed E-state index contributed by atoms with van der Waals surface area (Å²) >= 11 is 1.54. The van der Waals surface area contributed by atoms with E-state index in [1.807, 2.05) is 23.8 Å². The van der Waals surface area contributed by atoms with Crippen LogP contribution in [-0.2, 0) is 16.6 Å². The number of hydrogen-bond donors (Lipinski definition) is 1. The van der Waals surface area contributed by atoms with Crippen LogP contribution in [0, 0.1) is 6.92 Å². The predicted molar refractivity (Wildman–Crippen MR) is 87.2 cm³/mol. The Morgan fingerprint density at radius 2 is 2.18 bits per heavy atom. The molecule has 22 heavy (non-hydrogen) atoms. The zero-order valence-electron chi connectivity index (χ0n) is 11.9. The van der Waals surface area contributed by atoms with Gasteiger partial charge in [-0.15, -0.1) is 0 Å². The first kappa shape index (κ1) is 15.0. The van der Waals surface area contributed by atoms with Gasteiger partial charge in [-0.05, 0) is 41.6 Å². The Morgan fingerprint density at radius 1 is 1.36 bits per heavy atom. The molecule has 3 aromatic rings. The van der Waals surface area contributed by atoms with Crippen LogP contribution in [0.15, 0.2) is 52.4 Å². The van der Waals surface area contributed by atoms with Crippen LogP contribution >= 0.6 is 11.3 Å². The normalized spacial score (nSPS) is 11.7. The van der Waals surface area contributed by atoms with Crippen LogP contribution in [0.5, 0.6) is 0 Å². The molecule has 0 atom stereocenters. The molecule has 2 N–H and O–H groups in total. The van der Waals surface area contributed by atoms with Gasteiger partial charge in [-0.25, -0.2) is 12.4 Å². The lowest BCUT2D eigenvalue weighted by Crippen LogP contribution is -2.13. The Hall–Kier alpha value is -1.96. The largest absolute Gasteiger partial charge is 0.326 e. The molecule has 0 amide bonds. The highest BCUT2D eigenvalue weighted by atomic mass is 32.2. The van der Waals surface area contributed by atoms with Gasteiger partial charge in [0.15, 0.2) is 0 Å². The molecule has 0 aliphatic rings. The monoisotopic (exact) mass is 333 g/mol. The van der Waals surface area contributed by atoms with E-state index in [-0.39, 0.29) is 11.4 Å². The van der Waals surface area contributed by atoms with E-state index in [0.717, 1.165) is 16.7 Å². The first-order valence-electron chi connectivity index (χ1n) is 6.64. The molecule has 0 aliphatic carbocycles. The molecule has 0 unspecified atom stereocenters. The maximum atomic E-state index is 12.9. The van der Waals surface area contributed by atoms with Crippen molar-refractivity contribution in [3.05, 3.63) is 58.7 Å². The molecule has 3 aromatic heterocycles. The summed E-state index contributed by atoms with van der Waals surface area (Å²) in [6.07, 6.45) is 4.47. The lowest BCUT2D eigenvalue weighted by molar-refractivity contribution is 0.587. The van der Waals surface area contributed by atoms with Gasteiger partial charge in [0.05, 0.1) is 5.69 Å². The molecular weight excluding hydrogens is 318 g/mol. The summed E-state index contributed by atoms with van der Waals surface area (Å²) in [5.74, 6) is 0. The number of rotatable bonds is 4. The Bertz CT molecular complexity index is 896. The Morgan fingerprint density at radius 3 is 2.77 bits per heavy atom. The average Bonchev–Trinajstić information content (AvgIpc) is 3.14. The molecule has 0 aromatic carbocycles. The Balaban J connectivity index is 2.23. The van der Waals surface area contributed by atoms with Crippen LogP contribution in [0.1, 0.15) is 11.1 Å². The second-order valence-electron chi connectivity index (χ2n) is 4.90. The van der Waals surface area contributed by atoms with Crippen molar-refractivity contribution < 1.29 is 8.42 Å². The number of thiophene rings is 1. The third-order valence-electron chi connectivity index (χ3n) is 3.40. The maximum Gasteiger partial charge on any atom is 0.269 e. The summed E-state index contributed by atoms with van der Waals surface area (Å²) in [6.45, 7) is 2.24. The fourth-order valence-corrected chi connectivity index (χ4v) is 4.44. The fourth-order valence-electron chi connectivity index (χ4n) is 2.24. The molecule has 0 spiro atoms. The minimum atomic E-state index is -3.70. The second-order valence-corrected chi connectivity index (χ2v) is 7.45. The number of nitrogens with zero attached hydrogens (tertiary/aromatic N) is 2. The van der Waals surface area contributed by atoms with Crippen molar-refractivity contribution in [3.8, 4) is 11.3 Å². The van der Waals surface area contributed by atoms with Crippen LogP contribution in [-0.4, -0.2) is 17.4 Å². The van der Waals surface area contributed by atoms with Crippen molar-refractivity contribution in [2.75, 3.05) is 0 Å². The van der Waals surface area contributed by atoms with Crippen molar-refractivity contribution in [3.63, 3.8) is 0 Å². The van der Waals surface area contributed by atoms with E-state index >= 15 is 0 Å². The van der Waals surface area contributed by atoms with Crippen molar-refractivity contribution in [1.29, 1.82) is 0 Å². The number of aryl methyl sites for hydroxylation is 1. The highest BCUT2D eigenvalue weighted by Gasteiger charge is 2.22. The van der Waals surface area contributed by atoms with Gasteiger partial charge >= 0.3 is 0 Å². The standard InChI is InChI=1S/C15H15N3O2S2/c1-11-9-21-10-14(11)15-5-12(6-16)8-18(15)22(19,20)13-3-2-4-17-7-13/h2-5,7-10H,6,16H2,1H3. The van der Waals surface area contributed by atoms with Crippen LogP contribution in [0.25, 0.3) is 11.3 Å². The van der Waals surface area contributed by atoms with Gasteiger partial charge in [0.1, 0.15) is 4.90 Å². The van der Waals surface area contributed by atoms with Gasteiger partial charge in [-0.1, -0.05) is 0 Å². The molecule has 5 nitrogen and oxygen atoms in total. The molecular formula is C15H15N3O2S2. The van der Waals surface area contributed by atoms with Gasteiger partial charge in [0.25, 0.3) is 10.0 Å². The third-order valence-corrected chi connectivity index (χ3v) is 5.92. The van der Waals surface area contributed by atoms with Crippen molar-refractivity contribution in [1.82, 2.24) is 8.96 Å². The average molecular weight is 333 g/mol. The first-order valence-corrected chi connectivity index (χ1v) is 9.02. The van der Waals surface area contributed by atoms with E-state index in [1.165, 1.54) is 16.2 Å². The van der Waals surface area contributed by atoms with Crippen LogP contribution in [0.3, 0.4) is 0 Å². The highest BCUT2D eigenvalue weighted by molar-refractivity contribution is 7.90. The quantitative estimate of drug-likeness (QED) is 0.796. The Kier molecular flexibility index (Phi) is 3.86. The lowest BCUT2D eigenvalue weighted by atomic mass is 10.1. The summed E-state index contributed by atoms with van der Waals surface area (Å²) in [7, 11) is -3.70. The van der Waals surface area contributed by atoms with Crippen LogP contribution < -0.4 is 5.73 Å². The summed E-state index contributed by atoms with van der Waals surface area (Å²) < 4.78 is 27.0. The number of aromatic nitrogens is 2. The first-order chi connectivity index (χ1) is 10.5. The summed E-state index contributed by atoms with van der Waals surface area (Å²) in [5, 5.41) is 3.94. The minimum absolute atomic E-state index is 0.156. The van der Waals surface area contributed by atoms with E-state index in [4.69, 9.17) is 5.73 Å². The number of hydrogen-bond acceptors (Lipinski definition) is 5. The zero-order chi connectivity index (χ0) is 15.7. The van der Waals surface area contributed by atoms with Gasteiger partial charge in [-0.2, -0.15) is 11.3 Å². The highest BCUT2D eigenvalue weighted by Crippen LogP contribution is 2.31. The fraction of sp³-hybridized carbons (Fsp3) is 0.133. The molecule has 0 saturated heterocycles. The third kappa shape index (κ3) is 2.47. The summed E-state index contributed by atoms with van der Waals surface area (Å²) in [6, 6.07) is 4.97. The molecule has 0 fully saturated rings. The van der Waals surface area contributed by atoms with Crippen molar-refractivity contribution >= 4 is 21.4 Å². The van der Waals surface area contributed by atoms with E-state index in [9.17, 15) is 8.42 Å². The molecule has 0 bridgehead atoms. The van der Waals surface area contributed by atoms with Crippen LogP contribution in [0.4, 0.5) is 0 Å². The molecule has 0 aliphatic heterocycles. The van der Waals surface area contributed by atoms with E-state index in [2.05, 4.69) is 4.98 Å². The van der Waals surface area contributed by atoms with Crippen molar-refractivity contribution in [2.45, 2.75) is 18.4 Å². The van der Waals surface area contributed by atoms with Gasteiger partial charge in [-0.3, -0.25) is 4.98 Å². The second kappa shape index (κ2) is 5.68. The van der Waals surface area contributed by atoms with Crippen LogP contribution in [0.2, 0.25) is 0 Å². The molecule has 114 valence electrons. The predicted octanol–water partition coefficient (Wildman–Crippen LogP) is 2.62. The molecule has 3 heterocycles. The molecule has 0 saturated carbocycles. The topological polar surface area (TPSA) is 78.0 Å². The summed E-state index contributed by atoms with van der Waals surface area (Å²) in [5.41, 5.74) is 9.02. The Labute approximate surface area is 133 Å². The number of nitrogens with two attached hydrogens (primary N) is 1. The van der Waals surface area contributed by atoms with Gasteiger partial charge in [0.2, 0.25) is 0 Å².